The third kappa shape index (κ3) is 3.95. The van der Waals surface area contributed by atoms with Gasteiger partial charge in [0, 0.05) is 9.98 Å². The number of rotatable bonds is 2. The van der Waals surface area contributed by atoms with Gasteiger partial charge in [-0.2, -0.15) is 4.98 Å². The predicted octanol–water partition coefficient (Wildman–Crippen LogP) is -0.713. The number of nitrogen functional groups attached to an aromatic ring is 2. The van der Waals surface area contributed by atoms with Crippen LogP contribution in [-0.4, -0.2) is 98.9 Å². The summed E-state index contributed by atoms with van der Waals surface area (Å²) < 4.78 is 64.9. The molecule has 242 valence electrons. The Balaban J connectivity index is 1.04. The first-order chi connectivity index (χ1) is 22.0. The van der Waals surface area contributed by atoms with Gasteiger partial charge in [0.2, 0.25) is 5.95 Å². The molecule has 7 N–H and O–H groups in total. The van der Waals surface area contributed by atoms with Crippen molar-refractivity contribution >= 4 is 50.2 Å². The van der Waals surface area contributed by atoms with Crippen molar-refractivity contribution in [2.75, 3.05) is 31.3 Å². The number of H-pyrrole nitrogens is 1. The number of hydrogen-bond donors (Lipinski definition) is 5. The largest absolute Gasteiger partial charge is 0.697 e. The van der Waals surface area contributed by atoms with Crippen molar-refractivity contribution in [3.05, 3.63) is 29.3 Å². The first-order valence-electron chi connectivity index (χ1n) is 14.1. The average Bonchev–Trinajstić information content (AvgIpc) is 3.44. The number of fused-ring (bicyclic) bond motifs is 2. The second-order valence-electron chi connectivity index (χ2n) is 12.0. The third-order valence-corrected chi connectivity index (χ3v) is 11.3. The zero-order chi connectivity index (χ0) is 31.7. The molecule has 0 amide bonds. The van der Waals surface area contributed by atoms with Gasteiger partial charge < -0.3 is 35.5 Å². The lowest BCUT2D eigenvalue weighted by molar-refractivity contribution is -0.184. The highest BCUT2D eigenvalue weighted by Gasteiger charge is 2.75. The summed E-state index contributed by atoms with van der Waals surface area (Å²) in [5, 5.41) is 11.5. The maximum Gasteiger partial charge on any atom is 0.697 e. The maximum atomic E-state index is 13.5. The van der Waals surface area contributed by atoms with Gasteiger partial charge in [-0.15, -0.1) is 9.05 Å². The van der Waals surface area contributed by atoms with E-state index in [9.17, 15) is 23.9 Å². The lowest BCUT2D eigenvalue weighted by Gasteiger charge is -2.32. The molecule has 46 heavy (non-hydrogen) atoms. The first-order valence-corrected chi connectivity index (χ1v) is 16.6. The van der Waals surface area contributed by atoms with Gasteiger partial charge in [-0.25, -0.2) is 24.5 Å². The Bertz CT molecular complexity index is 2060. The number of nitrogens with two attached hydrogens (primary N) is 2. The van der Waals surface area contributed by atoms with Crippen LogP contribution >= 0.6 is 16.1 Å². The molecule has 4 aromatic heterocycles. The molecule has 2 saturated carbocycles. The number of aliphatic hydroxyl groups is 1. The fourth-order valence-corrected chi connectivity index (χ4v) is 9.39. The number of nitrogens with zero attached hydrogens (tertiary/aromatic N) is 7. The molecule has 7 heterocycles. The van der Waals surface area contributed by atoms with Crippen LogP contribution in [-0.2, 0) is 36.7 Å². The highest BCUT2D eigenvalue weighted by molar-refractivity contribution is 7.47. The van der Waals surface area contributed by atoms with Crippen LogP contribution < -0.4 is 17.0 Å². The number of ether oxygens (including phenoxy) is 2. The minimum Gasteiger partial charge on any atom is -0.388 e. The van der Waals surface area contributed by atoms with Crippen LogP contribution in [0.5, 0.6) is 0 Å². The minimum atomic E-state index is -4.91. The van der Waals surface area contributed by atoms with Gasteiger partial charge in [0.05, 0.1) is 31.9 Å². The number of phosphoric ester groups is 1. The SMILES string of the molecule is Nc1nc2c(ncn2[C@H]2[C@H](O)[C@@H]3OP(=O)(O)OC[C@@]45CO[C@@H]([C@H](n6cnc7c(N)ncnc76)O4)[C@@H]5O[P+](=O)OC[C@@]34C[C@H]24)c(=O)[nH]1. The molecule has 11 atom stereocenters. The van der Waals surface area contributed by atoms with E-state index in [4.69, 9.17) is 39.0 Å². The summed E-state index contributed by atoms with van der Waals surface area (Å²) in [6.07, 6.45) is -1.27. The number of aliphatic hydroxyl groups excluding tert-OH is 1. The molecular weight excluding hydrogens is 654 g/mol. The number of aromatic amines is 1. The fraction of sp³-hybridized carbons (Fsp3) is 0.565. The smallest absolute Gasteiger partial charge is 0.388 e. The topological polar surface area (TPSA) is 289 Å². The molecule has 5 fully saturated rings. The lowest BCUT2D eigenvalue weighted by Crippen LogP contribution is -2.46. The molecule has 23 heteroatoms. The summed E-state index contributed by atoms with van der Waals surface area (Å²) in [6.45, 7) is -0.993. The second kappa shape index (κ2) is 9.54. The summed E-state index contributed by atoms with van der Waals surface area (Å²) in [6, 6.07) is -0.814. The van der Waals surface area contributed by atoms with Gasteiger partial charge in [-0.3, -0.25) is 23.4 Å². The summed E-state index contributed by atoms with van der Waals surface area (Å²) in [4.78, 5) is 46.4. The Morgan fingerprint density at radius 2 is 1.87 bits per heavy atom. The van der Waals surface area contributed by atoms with E-state index in [1.54, 1.807) is 4.57 Å². The molecule has 2 bridgehead atoms. The van der Waals surface area contributed by atoms with Crippen LogP contribution in [0.2, 0.25) is 0 Å². The van der Waals surface area contributed by atoms with E-state index in [0.717, 1.165) is 0 Å². The van der Waals surface area contributed by atoms with Crippen LogP contribution in [0.1, 0.15) is 18.7 Å². The molecule has 4 aromatic rings. The molecule has 3 aliphatic heterocycles. The van der Waals surface area contributed by atoms with Gasteiger partial charge in [0.25, 0.3) is 5.56 Å². The van der Waals surface area contributed by atoms with Crippen LogP contribution in [0.15, 0.2) is 23.8 Å². The van der Waals surface area contributed by atoms with Gasteiger partial charge >= 0.3 is 16.1 Å². The number of anilines is 2. The van der Waals surface area contributed by atoms with Crippen molar-refractivity contribution in [2.45, 2.75) is 48.7 Å². The third-order valence-electron chi connectivity index (χ3n) is 9.58. The summed E-state index contributed by atoms with van der Waals surface area (Å²) in [5.41, 5.74) is 9.28. The number of nitrogens with one attached hydrogen (secondary N) is 1. The van der Waals surface area contributed by atoms with Crippen LogP contribution in [0.25, 0.3) is 22.3 Å². The van der Waals surface area contributed by atoms with Crippen LogP contribution in [0.3, 0.4) is 0 Å². The number of hydrogen-bond acceptors (Lipinski definition) is 17. The molecule has 9 rings (SSSR count). The zero-order valence-electron chi connectivity index (χ0n) is 23.4. The molecule has 21 nitrogen and oxygen atoms in total. The van der Waals surface area contributed by atoms with Gasteiger partial charge in [0.15, 0.2) is 40.6 Å². The summed E-state index contributed by atoms with van der Waals surface area (Å²) >= 11 is 0. The predicted molar refractivity (Wildman–Crippen MR) is 150 cm³/mol. The van der Waals surface area contributed by atoms with Crippen molar-refractivity contribution in [2.24, 2.45) is 11.3 Å². The van der Waals surface area contributed by atoms with Crippen molar-refractivity contribution in [3.63, 3.8) is 0 Å². The van der Waals surface area contributed by atoms with E-state index < -0.39 is 81.9 Å². The van der Waals surface area contributed by atoms with Gasteiger partial charge in [-0.05, 0) is 12.3 Å². The Labute approximate surface area is 256 Å². The molecule has 2 aliphatic carbocycles. The minimum absolute atomic E-state index is 0.00668. The first kappa shape index (κ1) is 28.7. The van der Waals surface area contributed by atoms with Crippen molar-refractivity contribution in [3.8, 4) is 0 Å². The van der Waals surface area contributed by atoms with Crippen molar-refractivity contribution in [1.82, 2.24) is 39.0 Å². The fourth-order valence-electron chi connectivity index (χ4n) is 7.42. The van der Waals surface area contributed by atoms with Crippen LogP contribution in [0, 0.1) is 11.3 Å². The number of imidazole rings is 2. The maximum absolute atomic E-state index is 13.5. The molecular formula is C23H25N10O11P2+. The quantitative estimate of drug-likeness (QED) is 0.163. The number of aromatic nitrogens is 8. The van der Waals surface area contributed by atoms with Crippen molar-refractivity contribution < 1.29 is 46.7 Å². The Hall–Kier alpha value is -3.49. The Morgan fingerprint density at radius 1 is 1.07 bits per heavy atom. The lowest BCUT2D eigenvalue weighted by atomic mass is 10.0. The molecule has 5 aliphatic rings. The Kier molecular flexibility index (Phi) is 5.95. The van der Waals surface area contributed by atoms with E-state index in [0.29, 0.717) is 17.6 Å². The number of phosphoric acid groups is 1. The van der Waals surface area contributed by atoms with E-state index in [1.165, 1.54) is 23.5 Å². The van der Waals surface area contributed by atoms with E-state index in [2.05, 4.69) is 29.9 Å². The van der Waals surface area contributed by atoms with Gasteiger partial charge in [0.1, 0.15) is 36.8 Å². The molecule has 0 radical (unpaired) electrons. The van der Waals surface area contributed by atoms with Crippen molar-refractivity contribution in [1.29, 1.82) is 0 Å². The second-order valence-corrected chi connectivity index (χ2v) is 14.3. The van der Waals surface area contributed by atoms with E-state index in [-0.39, 0.29) is 36.1 Å². The molecule has 2 unspecified atom stereocenters. The van der Waals surface area contributed by atoms with E-state index >= 15 is 0 Å². The standard InChI is InChI=1S/C23H24N10O11P2/c24-16-9-17(27-5-26-16)33(7-28-9)20-13-15-23(42-20,3-39-13)4-41-46(37,38)44-14-12(34)11(8-1-22(8,14)2-40-45(36)43-15)32-6-29-10-18(32)30-21(25)31-19(10)35/h5-8,11-15,20,34H,1-4H2,(H5-,24,25,26,27,30,31,35,37,38)/p+1/t8-,11-,12+,13-,14+,15+,20-,22-,23-/m1/s1. The normalized spacial score (nSPS) is 41.2. The molecule has 1 spiro atoms. The Morgan fingerprint density at radius 3 is 2.72 bits per heavy atom. The highest BCUT2D eigenvalue weighted by atomic mass is 31.2. The summed E-state index contributed by atoms with van der Waals surface area (Å²) in [5.74, 6) is -0.431. The molecule has 3 saturated heterocycles. The molecule has 0 aromatic carbocycles. The monoisotopic (exact) mass is 679 g/mol. The zero-order valence-corrected chi connectivity index (χ0v) is 25.1. The summed E-state index contributed by atoms with van der Waals surface area (Å²) in [7, 11) is -7.72. The van der Waals surface area contributed by atoms with E-state index in [1.807, 2.05) is 0 Å². The average molecular weight is 679 g/mol. The highest BCUT2D eigenvalue weighted by Crippen LogP contribution is 2.71. The van der Waals surface area contributed by atoms with Crippen LogP contribution in [0.4, 0.5) is 11.8 Å². The van der Waals surface area contributed by atoms with Gasteiger partial charge in [-0.1, -0.05) is 0 Å².